The summed E-state index contributed by atoms with van der Waals surface area (Å²) in [6.07, 6.45) is 1.98. The predicted octanol–water partition coefficient (Wildman–Crippen LogP) is 3.49. The Morgan fingerprint density at radius 3 is 1.92 bits per heavy atom. The molecule has 0 fully saturated rings. The standard InChI is InChI=1S/C20H16N2O2/c1-21-12-6-11-18(21)15-8-3-2-7-14(15)13-22-19(23)16-9-4-5-10-17(16)20(22)24/h2-12H,13H2,1H3. The number of rotatable bonds is 3. The van der Waals surface area contributed by atoms with Crippen molar-refractivity contribution in [3.63, 3.8) is 0 Å². The van der Waals surface area contributed by atoms with Gasteiger partial charge in [0.05, 0.1) is 17.7 Å². The summed E-state index contributed by atoms with van der Waals surface area (Å²) in [6, 6.07) is 18.9. The summed E-state index contributed by atoms with van der Waals surface area (Å²) in [5.41, 5.74) is 4.01. The molecule has 0 spiro atoms. The highest BCUT2D eigenvalue weighted by atomic mass is 16.2. The molecule has 0 aliphatic carbocycles. The van der Waals surface area contributed by atoms with Crippen molar-refractivity contribution in [2.45, 2.75) is 6.54 Å². The van der Waals surface area contributed by atoms with Crippen molar-refractivity contribution in [1.82, 2.24) is 9.47 Å². The summed E-state index contributed by atoms with van der Waals surface area (Å²) in [6.45, 7) is 0.272. The minimum atomic E-state index is -0.225. The number of carbonyl (C=O) groups is 2. The van der Waals surface area contributed by atoms with E-state index in [4.69, 9.17) is 0 Å². The van der Waals surface area contributed by atoms with Gasteiger partial charge in [-0.3, -0.25) is 14.5 Å². The number of carbonyl (C=O) groups excluding carboxylic acids is 2. The number of hydrogen-bond acceptors (Lipinski definition) is 2. The Kier molecular flexibility index (Phi) is 3.31. The van der Waals surface area contributed by atoms with E-state index in [-0.39, 0.29) is 18.4 Å². The summed E-state index contributed by atoms with van der Waals surface area (Å²) in [4.78, 5) is 26.5. The largest absolute Gasteiger partial charge is 0.351 e. The van der Waals surface area contributed by atoms with Gasteiger partial charge < -0.3 is 4.57 Å². The Hall–Kier alpha value is -3.14. The van der Waals surface area contributed by atoms with Gasteiger partial charge in [-0.05, 0) is 29.8 Å². The predicted molar refractivity (Wildman–Crippen MR) is 91.5 cm³/mol. The second kappa shape index (κ2) is 5.49. The van der Waals surface area contributed by atoms with Gasteiger partial charge in [-0.25, -0.2) is 0 Å². The average molecular weight is 316 g/mol. The van der Waals surface area contributed by atoms with Crippen molar-refractivity contribution < 1.29 is 9.59 Å². The highest BCUT2D eigenvalue weighted by Crippen LogP contribution is 2.29. The summed E-state index contributed by atoms with van der Waals surface area (Å²) in [7, 11) is 1.98. The number of imide groups is 1. The molecule has 1 aromatic heterocycles. The first kappa shape index (κ1) is 14.5. The molecule has 0 saturated heterocycles. The fraction of sp³-hybridized carbons (Fsp3) is 0.100. The van der Waals surface area contributed by atoms with Crippen LogP contribution in [0.1, 0.15) is 26.3 Å². The molecule has 2 amide bonds. The van der Waals surface area contributed by atoms with Gasteiger partial charge in [0, 0.05) is 24.5 Å². The van der Waals surface area contributed by atoms with Crippen molar-refractivity contribution in [2.75, 3.05) is 0 Å². The van der Waals surface area contributed by atoms with Crippen molar-refractivity contribution in [3.05, 3.63) is 83.6 Å². The lowest BCUT2D eigenvalue weighted by molar-refractivity contribution is 0.0642. The van der Waals surface area contributed by atoms with E-state index in [0.717, 1.165) is 16.8 Å². The second-order valence-corrected chi connectivity index (χ2v) is 5.90. The first-order chi connectivity index (χ1) is 11.7. The SMILES string of the molecule is Cn1cccc1-c1ccccc1CN1C(=O)c2ccccc2C1=O. The normalized spacial score (nSPS) is 13.5. The van der Waals surface area contributed by atoms with Crippen LogP contribution in [-0.4, -0.2) is 21.3 Å². The van der Waals surface area contributed by atoms with Crippen molar-refractivity contribution in [2.24, 2.45) is 7.05 Å². The van der Waals surface area contributed by atoms with Crippen LogP contribution < -0.4 is 0 Å². The topological polar surface area (TPSA) is 42.3 Å². The fourth-order valence-electron chi connectivity index (χ4n) is 3.20. The van der Waals surface area contributed by atoms with Crippen LogP contribution >= 0.6 is 0 Å². The van der Waals surface area contributed by atoms with E-state index >= 15 is 0 Å². The minimum Gasteiger partial charge on any atom is -0.351 e. The van der Waals surface area contributed by atoms with E-state index in [1.807, 2.05) is 54.2 Å². The molecule has 4 rings (SSSR count). The van der Waals surface area contributed by atoms with Crippen LogP contribution in [0, 0.1) is 0 Å². The number of benzene rings is 2. The van der Waals surface area contributed by atoms with Gasteiger partial charge in [-0.15, -0.1) is 0 Å². The third-order valence-electron chi connectivity index (χ3n) is 4.44. The maximum absolute atomic E-state index is 12.6. The zero-order chi connectivity index (χ0) is 16.7. The average Bonchev–Trinajstić information content (AvgIpc) is 3.13. The first-order valence-corrected chi connectivity index (χ1v) is 7.81. The third kappa shape index (κ3) is 2.15. The van der Waals surface area contributed by atoms with Crippen LogP contribution in [0.2, 0.25) is 0 Å². The summed E-state index contributed by atoms with van der Waals surface area (Å²) in [5, 5.41) is 0. The molecule has 2 aromatic carbocycles. The highest BCUT2D eigenvalue weighted by Gasteiger charge is 2.35. The molecule has 2 heterocycles. The van der Waals surface area contributed by atoms with Gasteiger partial charge in [-0.1, -0.05) is 36.4 Å². The van der Waals surface area contributed by atoms with Crippen LogP contribution in [-0.2, 0) is 13.6 Å². The number of aryl methyl sites for hydroxylation is 1. The molecule has 0 bridgehead atoms. The molecule has 4 heteroatoms. The Labute approximate surface area is 140 Å². The number of amides is 2. The highest BCUT2D eigenvalue weighted by molar-refractivity contribution is 6.21. The Morgan fingerprint density at radius 1 is 0.750 bits per heavy atom. The molecule has 1 aliphatic heterocycles. The molecule has 3 aromatic rings. The smallest absolute Gasteiger partial charge is 0.261 e. The zero-order valence-corrected chi connectivity index (χ0v) is 13.3. The molecule has 0 unspecified atom stereocenters. The first-order valence-electron chi connectivity index (χ1n) is 7.81. The zero-order valence-electron chi connectivity index (χ0n) is 13.3. The molecular formula is C20H16N2O2. The van der Waals surface area contributed by atoms with E-state index < -0.39 is 0 Å². The molecular weight excluding hydrogens is 300 g/mol. The van der Waals surface area contributed by atoms with E-state index in [2.05, 4.69) is 0 Å². The van der Waals surface area contributed by atoms with Gasteiger partial charge in [0.2, 0.25) is 0 Å². The maximum Gasteiger partial charge on any atom is 0.261 e. The monoisotopic (exact) mass is 316 g/mol. The van der Waals surface area contributed by atoms with Gasteiger partial charge in [0.1, 0.15) is 0 Å². The number of nitrogens with zero attached hydrogens (tertiary/aromatic N) is 2. The van der Waals surface area contributed by atoms with E-state index in [9.17, 15) is 9.59 Å². The van der Waals surface area contributed by atoms with Crippen LogP contribution in [0.4, 0.5) is 0 Å². The second-order valence-electron chi connectivity index (χ2n) is 5.90. The Balaban J connectivity index is 1.72. The maximum atomic E-state index is 12.6. The molecule has 24 heavy (non-hydrogen) atoms. The summed E-state index contributed by atoms with van der Waals surface area (Å²) in [5.74, 6) is -0.449. The summed E-state index contributed by atoms with van der Waals surface area (Å²) < 4.78 is 2.03. The number of aromatic nitrogens is 1. The van der Waals surface area contributed by atoms with E-state index in [1.165, 1.54) is 4.90 Å². The fourth-order valence-corrected chi connectivity index (χ4v) is 3.20. The quantitative estimate of drug-likeness (QED) is 0.694. The molecule has 0 saturated carbocycles. The van der Waals surface area contributed by atoms with Gasteiger partial charge >= 0.3 is 0 Å². The lowest BCUT2D eigenvalue weighted by Crippen LogP contribution is -2.29. The molecule has 118 valence electrons. The number of fused-ring (bicyclic) bond motifs is 1. The van der Waals surface area contributed by atoms with Crippen LogP contribution in [0.25, 0.3) is 11.3 Å². The number of hydrogen-bond donors (Lipinski definition) is 0. The molecule has 4 nitrogen and oxygen atoms in total. The van der Waals surface area contributed by atoms with Crippen LogP contribution in [0.3, 0.4) is 0 Å². The molecule has 0 N–H and O–H groups in total. The molecule has 1 aliphatic rings. The van der Waals surface area contributed by atoms with Gasteiger partial charge in [0.25, 0.3) is 11.8 Å². The molecule has 0 atom stereocenters. The van der Waals surface area contributed by atoms with E-state index in [1.54, 1.807) is 24.3 Å². The lowest BCUT2D eigenvalue weighted by atomic mass is 10.0. The Bertz CT molecular complexity index is 921. The van der Waals surface area contributed by atoms with E-state index in [0.29, 0.717) is 11.1 Å². The van der Waals surface area contributed by atoms with Crippen molar-refractivity contribution >= 4 is 11.8 Å². The van der Waals surface area contributed by atoms with Gasteiger partial charge in [0.15, 0.2) is 0 Å². The van der Waals surface area contributed by atoms with Crippen molar-refractivity contribution in [1.29, 1.82) is 0 Å². The Morgan fingerprint density at radius 2 is 1.33 bits per heavy atom. The van der Waals surface area contributed by atoms with Gasteiger partial charge in [-0.2, -0.15) is 0 Å². The van der Waals surface area contributed by atoms with Crippen LogP contribution in [0.5, 0.6) is 0 Å². The van der Waals surface area contributed by atoms with Crippen LogP contribution in [0.15, 0.2) is 66.9 Å². The minimum absolute atomic E-state index is 0.225. The summed E-state index contributed by atoms with van der Waals surface area (Å²) >= 11 is 0. The van der Waals surface area contributed by atoms with Crippen molar-refractivity contribution in [3.8, 4) is 11.3 Å². The lowest BCUT2D eigenvalue weighted by Gasteiger charge is -2.17. The molecule has 0 radical (unpaired) electrons. The third-order valence-corrected chi connectivity index (χ3v) is 4.44.